The van der Waals surface area contributed by atoms with Crippen LogP contribution in [-0.4, -0.2) is 39.5 Å². The van der Waals surface area contributed by atoms with E-state index in [1.807, 2.05) is 4.57 Å². The molecule has 0 unspecified atom stereocenters. The molecule has 0 bridgehead atoms. The molecule has 35 heavy (non-hydrogen) atoms. The number of ether oxygens (including phenoxy) is 1. The van der Waals surface area contributed by atoms with Crippen molar-refractivity contribution >= 4 is 38.1 Å². The molecule has 1 fully saturated rings. The highest BCUT2D eigenvalue weighted by molar-refractivity contribution is 7.90. The van der Waals surface area contributed by atoms with Crippen molar-refractivity contribution in [3.63, 3.8) is 0 Å². The zero-order valence-corrected chi connectivity index (χ0v) is 20.1. The van der Waals surface area contributed by atoms with Crippen molar-refractivity contribution < 1.29 is 17.9 Å². The third-order valence-corrected chi connectivity index (χ3v) is 8.33. The Labute approximate surface area is 203 Å². The molecule has 0 radical (unpaired) electrons. The fraction of sp³-hybridized carbons (Fsp3) is 0.360. The first kappa shape index (κ1) is 23.1. The van der Waals surface area contributed by atoms with Gasteiger partial charge in [-0.05, 0) is 56.7 Å². The van der Waals surface area contributed by atoms with Gasteiger partial charge in [0.2, 0.25) is 5.82 Å². The molecule has 0 amide bonds. The lowest BCUT2D eigenvalue weighted by Crippen LogP contribution is -2.22. The van der Waals surface area contributed by atoms with Crippen molar-refractivity contribution in [3.8, 4) is 6.07 Å². The van der Waals surface area contributed by atoms with Crippen LogP contribution in [0.4, 0.5) is 0 Å². The fourth-order valence-electron chi connectivity index (χ4n) is 4.98. The van der Waals surface area contributed by atoms with Gasteiger partial charge >= 0.3 is 5.97 Å². The van der Waals surface area contributed by atoms with Gasteiger partial charge in [0.25, 0.3) is 10.0 Å². The van der Waals surface area contributed by atoms with Crippen molar-refractivity contribution in [1.29, 1.82) is 5.26 Å². The lowest BCUT2D eigenvalue weighted by Gasteiger charge is -2.29. The van der Waals surface area contributed by atoms with E-state index in [-0.39, 0.29) is 29.0 Å². The van der Waals surface area contributed by atoms with Crippen molar-refractivity contribution in [2.24, 2.45) is 5.92 Å². The van der Waals surface area contributed by atoms with E-state index in [1.54, 1.807) is 43.3 Å². The van der Waals surface area contributed by atoms with E-state index >= 15 is 0 Å². The van der Waals surface area contributed by atoms with Crippen molar-refractivity contribution in [2.75, 3.05) is 6.61 Å². The Morgan fingerprint density at radius 1 is 1.17 bits per heavy atom. The number of nitriles is 1. The summed E-state index contributed by atoms with van der Waals surface area (Å²) in [6.45, 7) is 1.96. The minimum Gasteiger partial charge on any atom is -0.460 e. The number of esters is 1. The molecule has 0 atom stereocenters. The lowest BCUT2D eigenvalue weighted by atomic mass is 9.84. The predicted octanol–water partition coefficient (Wildman–Crippen LogP) is 4.44. The highest BCUT2D eigenvalue weighted by atomic mass is 32.2. The van der Waals surface area contributed by atoms with Crippen LogP contribution in [0.15, 0.2) is 53.7 Å². The molecule has 0 N–H and O–H groups in total. The minimum absolute atomic E-state index is 0.0194. The molecule has 1 aliphatic carbocycles. The van der Waals surface area contributed by atoms with Gasteiger partial charge in [-0.3, -0.25) is 0 Å². The largest absolute Gasteiger partial charge is 0.460 e. The summed E-state index contributed by atoms with van der Waals surface area (Å²) in [5, 5.41) is 9.67. The maximum Gasteiger partial charge on any atom is 0.374 e. The summed E-state index contributed by atoms with van der Waals surface area (Å²) < 4.78 is 35.0. The standard InChI is InChI=1S/C25H25N5O4S/c1-2-34-25(31)24-28-21-16-27-23-20(13-15-29(23)35(32,33)19-6-4-3-5-7-19)22(21)30(24)18-10-8-17(9-11-18)12-14-26/h3-7,13,15-18H,2,8-12H2,1H3/t17-,18+. The van der Waals surface area contributed by atoms with Gasteiger partial charge in [0.15, 0.2) is 5.65 Å². The SMILES string of the molecule is CCOC(=O)c1nc2cnc3c(ccn3S(=O)(=O)c3ccccc3)c2n1[C@H]1CC[C@@H](CC#N)CC1. The second-order valence-electron chi connectivity index (χ2n) is 8.72. The van der Waals surface area contributed by atoms with Crippen LogP contribution >= 0.6 is 0 Å². The number of hydrogen-bond donors (Lipinski definition) is 0. The monoisotopic (exact) mass is 491 g/mol. The van der Waals surface area contributed by atoms with Gasteiger partial charge in [0.1, 0.15) is 5.52 Å². The van der Waals surface area contributed by atoms with Crippen LogP contribution in [-0.2, 0) is 14.8 Å². The van der Waals surface area contributed by atoms with Crippen molar-refractivity contribution in [3.05, 3.63) is 54.6 Å². The van der Waals surface area contributed by atoms with Gasteiger partial charge in [-0.1, -0.05) is 18.2 Å². The number of fused-ring (bicyclic) bond motifs is 3. The van der Waals surface area contributed by atoms with E-state index in [2.05, 4.69) is 16.0 Å². The van der Waals surface area contributed by atoms with Crippen LogP contribution in [0.3, 0.4) is 0 Å². The summed E-state index contributed by atoms with van der Waals surface area (Å²) in [6, 6.07) is 12.1. The molecule has 1 aromatic carbocycles. The number of pyridine rings is 1. The van der Waals surface area contributed by atoms with E-state index in [0.717, 1.165) is 25.7 Å². The van der Waals surface area contributed by atoms with Gasteiger partial charge < -0.3 is 9.30 Å². The number of nitrogens with zero attached hydrogens (tertiary/aromatic N) is 5. The first-order chi connectivity index (χ1) is 17.0. The molecule has 1 aliphatic rings. The van der Waals surface area contributed by atoms with Gasteiger partial charge in [-0.15, -0.1) is 0 Å². The van der Waals surface area contributed by atoms with E-state index in [1.165, 1.54) is 16.4 Å². The molecule has 5 rings (SSSR count). The van der Waals surface area contributed by atoms with Crippen molar-refractivity contribution in [2.45, 2.75) is 50.0 Å². The number of rotatable bonds is 6. The van der Waals surface area contributed by atoms with E-state index in [9.17, 15) is 13.2 Å². The summed E-state index contributed by atoms with van der Waals surface area (Å²) in [5.41, 5.74) is 1.45. The van der Waals surface area contributed by atoms with Gasteiger partial charge in [0, 0.05) is 24.0 Å². The molecule has 3 aromatic heterocycles. The first-order valence-corrected chi connectivity index (χ1v) is 13.1. The number of imidazole rings is 1. The zero-order valence-electron chi connectivity index (χ0n) is 19.3. The highest BCUT2D eigenvalue weighted by Gasteiger charge is 2.30. The summed E-state index contributed by atoms with van der Waals surface area (Å²) in [7, 11) is -3.86. The summed E-state index contributed by atoms with van der Waals surface area (Å²) in [4.78, 5) is 22.0. The molecular weight excluding hydrogens is 466 g/mol. The maximum atomic E-state index is 13.3. The molecule has 0 saturated heterocycles. The molecule has 10 heteroatoms. The predicted molar refractivity (Wildman–Crippen MR) is 129 cm³/mol. The average molecular weight is 492 g/mol. The number of carbonyl (C=O) groups is 1. The fourth-order valence-corrected chi connectivity index (χ4v) is 6.30. The number of benzene rings is 1. The molecule has 9 nitrogen and oxygen atoms in total. The Hall–Kier alpha value is -3.71. The Morgan fingerprint density at radius 2 is 1.91 bits per heavy atom. The third-order valence-electron chi connectivity index (χ3n) is 6.65. The van der Waals surface area contributed by atoms with Crippen LogP contribution < -0.4 is 0 Å². The van der Waals surface area contributed by atoms with Gasteiger partial charge in [-0.25, -0.2) is 27.2 Å². The Balaban J connectivity index is 1.68. The molecule has 4 aromatic rings. The number of hydrogen-bond acceptors (Lipinski definition) is 7. The second kappa shape index (κ2) is 9.15. The normalized spacial score (nSPS) is 18.5. The molecule has 180 valence electrons. The molecular formula is C25H25N5O4S. The molecule has 0 spiro atoms. The van der Waals surface area contributed by atoms with Gasteiger partial charge in [0.05, 0.1) is 29.3 Å². The molecule has 3 heterocycles. The first-order valence-electron chi connectivity index (χ1n) is 11.7. The maximum absolute atomic E-state index is 13.3. The summed E-state index contributed by atoms with van der Waals surface area (Å²) >= 11 is 0. The second-order valence-corrected chi connectivity index (χ2v) is 10.5. The Bertz CT molecular complexity index is 1540. The van der Waals surface area contributed by atoms with Crippen LogP contribution in [0.25, 0.3) is 22.1 Å². The Kier molecular flexibility index (Phi) is 6.03. The quantitative estimate of drug-likeness (QED) is 0.366. The lowest BCUT2D eigenvalue weighted by molar-refractivity contribution is 0.0502. The number of carbonyl (C=O) groups excluding carboxylic acids is 1. The van der Waals surface area contributed by atoms with Crippen molar-refractivity contribution in [1.82, 2.24) is 18.5 Å². The highest BCUT2D eigenvalue weighted by Crippen LogP contribution is 2.38. The Morgan fingerprint density at radius 3 is 2.60 bits per heavy atom. The topological polar surface area (TPSA) is 120 Å². The molecule has 1 saturated carbocycles. The van der Waals surface area contributed by atoms with E-state index < -0.39 is 16.0 Å². The smallest absolute Gasteiger partial charge is 0.374 e. The van der Waals surface area contributed by atoms with E-state index in [0.29, 0.717) is 28.8 Å². The summed E-state index contributed by atoms with van der Waals surface area (Å²) in [6.07, 6.45) is 6.85. The van der Waals surface area contributed by atoms with Gasteiger partial charge in [-0.2, -0.15) is 5.26 Å². The number of aromatic nitrogens is 4. The zero-order chi connectivity index (χ0) is 24.6. The minimum atomic E-state index is -3.86. The van der Waals surface area contributed by atoms with E-state index in [4.69, 9.17) is 10.00 Å². The average Bonchev–Trinajstić information content (AvgIpc) is 3.48. The van der Waals surface area contributed by atoms with Crippen LogP contribution in [0.1, 0.15) is 55.7 Å². The molecule has 0 aliphatic heterocycles. The summed E-state index contributed by atoms with van der Waals surface area (Å²) in [5.74, 6) is 0.0155. The van der Waals surface area contributed by atoms with Crippen LogP contribution in [0, 0.1) is 17.2 Å². The van der Waals surface area contributed by atoms with Crippen LogP contribution in [0.2, 0.25) is 0 Å². The third kappa shape index (κ3) is 3.96. The van der Waals surface area contributed by atoms with Crippen LogP contribution in [0.5, 0.6) is 0 Å².